The highest BCUT2D eigenvalue weighted by Gasteiger charge is 2.32. The van der Waals surface area contributed by atoms with Crippen molar-refractivity contribution in [3.05, 3.63) is 100 Å². The van der Waals surface area contributed by atoms with Crippen molar-refractivity contribution in [2.45, 2.75) is 51.7 Å². The van der Waals surface area contributed by atoms with Crippen molar-refractivity contribution in [2.75, 3.05) is 7.11 Å². The first-order valence-electron chi connectivity index (χ1n) is 11.7. The Bertz CT molecular complexity index is 1120. The fourth-order valence-electron chi connectivity index (χ4n) is 3.86. The van der Waals surface area contributed by atoms with Crippen molar-refractivity contribution in [2.24, 2.45) is 0 Å². The molecule has 0 spiro atoms. The highest BCUT2D eigenvalue weighted by atomic mass is 79.9. The first-order valence-corrected chi connectivity index (χ1v) is 12.5. The van der Waals surface area contributed by atoms with Gasteiger partial charge < -0.3 is 15.0 Å². The molecule has 0 aliphatic heterocycles. The van der Waals surface area contributed by atoms with Gasteiger partial charge in [0.15, 0.2) is 0 Å². The summed E-state index contributed by atoms with van der Waals surface area (Å²) in [7, 11) is 1.61. The summed E-state index contributed by atoms with van der Waals surface area (Å²) in [6.07, 6.45) is 0.608. The molecule has 0 saturated heterocycles. The van der Waals surface area contributed by atoms with Crippen molar-refractivity contribution in [1.29, 1.82) is 0 Å². The molecule has 3 aromatic rings. The van der Waals surface area contributed by atoms with Gasteiger partial charge in [0.25, 0.3) is 0 Å². The molecule has 1 atom stereocenters. The molecule has 2 amide bonds. The molecule has 0 saturated carbocycles. The van der Waals surface area contributed by atoms with E-state index in [1.807, 2.05) is 99.6 Å². The monoisotopic (exact) mass is 536 g/mol. The van der Waals surface area contributed by atoms with Gasteiger partial charge in [-0.2, -0.15) is 0 Å². The van der Waals surface area contributed by atoms with Gasteiger partial charge in [0.1, 0.15) is 11.8 Å². The summed E-state index contributed by atoms with van der Waals surface area (Å²) >= 11 is 3.52. The van der Waals surface area contributed by atoms with Crippen LogP contribution >= 0.6 is 15.9 Å². The minimum atomic E-state index is -0.665. The van der Waals surface area contributed by atoms with Crippen molar-refractivity contribution in [3.63, 3.8) is 0 Å². The minimum absolute atomic E-state index is 0.111. The van der Waals surface area contributed by atoms with Crippen LogP contribution in [-0.4, -0.2) is 35.4 Å². The normalized spacial score (nSPS) is 12.0. The number of ether oxygens (including phenoxy) is 1. The molecule has 0 aromatic heterocycles. The van der Waals surface area contributed by atoms with Crippen LogP contribution in [0, 0.1) is 0 Å². The molecule has 6 heteroatoms. The zero-order valence-electron chi connectivity index (χ0n) is 20.8. The summed E-state index contributed by atoms with van der Waals surface area (Å²) in [4.78, 5) is 29.0. The molecule has 0 unspecified atom stereocenters. The van der Waals surface area contributed by atoms with Gasteiger partial charge >= 0.3 is 0 Å². The van der Waals surface area contributed by atoms with Gasteiger partial charge in [0, 0.05) is 23.0 Å². The summed E-state index contributed by atoms with van der Waals surface area (Å²) in [5.41, 5.74) is 2.39. The Morgan fingerprint density at radius 3 is 2.17 bits per heavy atom. The molecule has 5 nitrogen and oxygen atoms in total. The summed E-state index contributed by atoms with van der Waals surface area (Å²) in [6.45, 7) is 6.16. The molecule has 0 radical (unpaired) electrons. The van der Waals surface area contributed by atoms with E-state index in [2.05, 4.69) is 21.2 Å². The number of rotatable bonds is 9. The zero-order valence-corrected chi connectivity index (χ0v) is 22.3. The van der Waals surface area contributed by atoms with Crippen LogP contribution in [0.4, 0.5) is 0 Å². The Balaban J connectivity index is 1.97. The molecule has 0 fully saturated rings. The SMILES string of the molecule is COc1ccc(CC(=O)N(Cc2cccc(Br)c2)[C@H](Cc2ccccc2)C(=O)NC(C)(C)C)cc1. The predicted octanol–water partition coefficient (Wildman–Crippen LogP) is 5.56. The Hall–Kier alpha value is -3.12. The molecule has 0 heterocycles. The number of amides is 2. The first-order chi connectivity index (χ1) is 16.6. The predicted molar refractivity (Wildman–Crippen MR) is 143 cm³/mol. The number of methoxy groups -OCH3 is 1. The van der Waals surface area contributed by atoms with Crippen LogP contribution in [0.2, 0.25) is 0 Å². The van der Waals surface area contributed by atoms with Crippen LogP contribution in [0.1, 0.15) is 37.5 Å². The Morgan fingerprint density at radius 2 is 1.57 bits per heavy atom. The van der Waals surface area contributed by atoms with E-state index in [0.717, 1.165) is 26.9 Å². The fraction of sp³-hybridized carbons (Fsp3) is 0.310. The Labute approximate surface area is 216 Å². The van der Waals surface area contributed by atoms with E-state index < -0.39 is 11.6 Å². The highest BCUT2D eigenvalue weighted by Crippen LogP contribution is 2.20. The zero-order chi connectivity index (χ0) is 25.4. The lowest BCUT2D eigenvalue weighted by atomic mass is 10.00. The smallest absolute Gasteiger partial charge is 0.243 e. The summed E-state index contributed by atoms with van der Waals surface area (Å²) < 4.78 is 6.17. The van der Waals surface area contributed by atoms with Crippen molar-refractivity contribution in [1.82, 2.24) is 10.2 Å². The van der Waals surface area contributed by atoms with Gasteiger partial charge in [-0.15, -0.1) is 0 Å². The molecule has 0 bridgehead atoms. The van der Waals surface area contributed by atoms with Gasteiger partial charge in [-0.1, -0.05) is 70.5 Å². The number of hydrogen-bond acceptors (Lipinski definition) is 3. The molecular weight excluding hydrogens is 504 g/mol. The van der Waals surface area contributed by atoms with E-state index >= 15 is 0 Å². The maximum absolute atomic E-state index is 13.8. The van der Waals surface area contributed by atoms with Crippen molar-refractivity contribution in [3.8, 4) is 5.75 Å². The van der Waals surface area contributed by atoms with Crippen molar-refractivity contribution < 1.29 is 14.3 Å². The number of carbonyl (C=O) groups is 2. The molecule has 3 rings (SSSR count). The number of benzene rings is 3. The van der Waals surface area contributed by atoms with Gasteiger partial charge in [-0.3, -0.25) is 9.59 Å². The molecule has 184 valence electrons. The maximum Gasteiger partial charge on any atom is 0.243 e. The van der Waals surface area contributed by atoms with Crippen LogP contribution in [0.15, 0.2) is 83.3 Å². The quantitative estimate of drug-likeness (QED) is 0.389. The number of carbonyl (C=O) groups excluding carboxylic acids is 2. The summed E-state index contributed by atoms with van der Waals surface area (Å²) in [6, 6.07) is 24.4. The number of halogens is 1. The van der Waals surface area contributed by atoms with E-state index in [1.165, 1.54) is 0 Å². The molecule has 35 heavy (non-hydrogen) atoms. The number of hydrogen-bond donors (Lipinski definition) is 1. The third-order valence-corrected chi connectivity index (χ3v) is 6.02. The van der Waals surface area contributed by atoms with Crippen LogP contribution in [-0.2, 0) is 29.0 Å². The summed E-state index contributed by atoms with van der Waals surface area (Å²) in [5, 5.41) is 3.09. The van der Waals surface area contributed by atoms with E-state index in [0.29, 0.717) is 13.0 Å². The number of nitrogens with zero attached hydrogens (tertiary/aromatic N) is 1. The second-order valence-electron chi connectivity index (χ2n) is 9.62. The van der Waals surface area contributed by atoms with Crippen LogP contribution in [0.5, 0.6) is 5.75 Å². The highest BCUT2D eigenvalue weighted by molar-refractivity contribution is 9.10. The van der Waals surface area contributed by atoms with E-state index in [1.54, 1.807) is 12.0 Å². The van der Waals surface area contributed by atoms with Gasteiger partial charge in [-0.25, -0.2) is 0 Å². The largest absolute Gasteiger partial charge is 0.497 e. The summed E-state index contributed by atoms with van der Waals surface area (Å²) in [5.74, 6) is 0.457. The standard InChI is InChI=1S/C29H33BrN2O3/c1-29(2,3)31-28(34)26(18-21-9-6-5-7-10-21)32(20-23-11-8-12-24(30)17-23)27(33)19-22-13-15-25(35-4)16-14-22/h5-17,26H,18-20H2,1-4H3,(H,31,34)/t26-/m1/s1. The van der Waals surface area contributed by atoms with Crippen LogP contribution < -0.4 is 10.1 Å². The molecule has 1 N–H and O–H groups in total. The minimum Gasteiger partial charge on any atom is -0.497 e. The lowest BCUT2D eigenvalue weighted by molar-refractivity contribution is -0.141. The molecule has 0 aliphatic rings. The maximum atomic E-state index is 13.8. The third-order valence-electron chi connectivity index (χ3n) is 5.53. The van der Waals surface area contributed by atoms with Crippen LogP contribution in [0.3, 0.4) is 0 Å². The van der Waals surface area contributed by atoms with E-state index in [4.69, 9.17) is 4.74 Å². The fourth-order valence-corrected chi connectivity index (χ4v) is 4.31. The third kappa shape index (κ3) is 8.25. The van der Waals surface area contributed by atoms with Crippen LogP contribution in [0.25, 0.3) is 0 Å². The number of nitrogens with one attached hydrogen (secondary N) is 1. The van der Waals surface area contributed by atoms with E-state index in [9.17, 15) is 9.59 Å². The second kappa shape index (κ2) is 12.0. The van der Waals surface area contributed by atoms with Crippen molar-refractivity contribution >= 4 is 27.7 Å². The van der Waals surface area contributed by atoms with E-state index in [-0.39, 0.29) is 18.2 Å². The van der Waals surface area contributed by atoms with Gasteiger partial charge in [-0.05, 0) is 61.7 Å². The second-order valence-corrected chi connectivity index (χ2v) is 10.5. The topological polar surface area (TPSA) is 58.6 Å². The molecular formula is C29H33BrN2O3. The average Bonchev–Trinajstić information content (AvgIpc) is 2.81. The molecule has 3 aromatic carbocycles. The average molecular weight is 537 g/mol. The Morgan fingerprint density at radius 1 is 0.914 bits per heavy atom. The van der Waals surface area contributed by atoms with Gasteiger partial charge in [0.05, 0.1) is 13.5 Å². The first kappa shape index (κ1) is 26.5. The Kier molecular flexibility index (Phi) is 9.10. The molecule has 0 aliphatic carbocycles. The lowest BCUT2D eigenvalue weighted by Gasteiger charge is -2.34. The van der Waals surface area contributed by atoms with Gasteiger partial charge in [0.2, 0.25) is 11.8 Å². The lowest BCUT2D eigenvalue weighted by Crippen LogP contribution is -2.54.